The van der Waals surface area contributed by atoms with Crippen LogP contribution in [-0.2, 0) is 5.41 Å². The van der Waals surface area contributed by atoms with Crippen LogP contribution in [0, 0.1) is 0 Å². The molecule has 9 aromatic carbocycles. The van der Waals surface area contributed by atoms with Crippen LogP contribution in [0.1, 0.15) is 22.3 Å². The van der Waals surface area contributed by atoms with E-state index in [1.807, 2.05) is 0 Å². The van der Waals surface area contributed by atoms with Crippen LogP contribution in [0.2, 0.25) is 0 Å². The van der Waals surface area contributed by atoms with Gasteiger partial charge in [0.1, 0.15) is 11.5 Å². The van der Waals surface area contributed by atoms with Crippen molar-refractivity contribution in [3.8, 4) is 67.1 Å². The van der Waals surface area contributed by atoms with Crippen molar-refractivity contribution >= 4 is 21.5 Å². The Bertz CT molecular complexity index is 2980. The summed E-state index contributed by atoms with van der Waals surface area (Å²) in [6.07, 6.45) is 0. The lowest BCUT2D eigenvalue weighted by Crippen LogP contribution is -2.25. The Morgan fingerprint density at radius 2 is 0.827 bits per heavy atom. The highest BCUT2D eigenvalue weighted by atomic mass is 16.5. The van der Waals surface area contributed by atoms with Gasteiger partial charge in [-0.2, -0.15) is 0 Å². The third kappa shape index (κ3) is 3.62. The monoisotopic (exact) mass is 658 g/mol. The van der Waals surface area contributed by atoms with E-state index in [9.17, 15) is 0 Å². The lowest BCUT2D eigenvalue weighted by Gasteiger charge is -2.31. The molecule has 1 spiro atoms. The van der Waals surface area contributed by atoms with Crippen molar-refractivity contribution in [2.24, 2.45) is 0 Å². The first-order valence-corrected chi connectivity index (χ1v) is 18.1. The number of ether oxygens (including phenoxy) is 1. The maximum absolute atomic E-state index is 6.38. The third-order valence-electron chi connectivity index (χ3n) is 11.9. The molecule has 52 heavy (non-hydrogen) atoms. The maximum atomic E-state index is 6.38. The van der Waals surface area contributed by atoms with Crippen LogP contribution < -0.4 is 4.74 Å². The van der Waals surface area contributed by atoms with E-state index in [4.69, 9.17) is 4.74 Å². The molecule has 0 amide bonds. The van der Waals surface area contributed by atoms with Crippen molar-refractivity contribution in [3.63, 3.8) is 0 Å². The first-order chi connectivity index (χ1) is 25.8. The summed E-state index contributed by atoms with van der Waals surface area (Å²) in [5.74, 6) is 1.83. The molecule has 1 nitrogen and oxygen atoms in total. The van der Waals surface area contributed by atoms with Gasteiger partial charge >= 0.3 is 0 Å². The molecule has 1 heteroatoms. The summed E-state index contributed by atoms with van der Waals surface area (Å²) in [5, 5.41) is 4.94. The molecule has 240 valence electrons. The number of hydrogen-bond acceptors (Lipinski definition) is 1. The van der Waals surface area contributed by atoms with Crippen molar-refractivity contribution in [1.29, 1.82) is 0 Å². The van der Waals surface area contributed by atoms with Gasteiger partial charge in [-0.25, -0.2) is 0 Å². The minimum absolute atomic E-state index is 0.384. The molecule has 1 unspecified atom stereocenters. The van der Waals surface area contributed by atoms with Gasteiger partial charge < -0.3 is 4.74 Å². The molecular weight excluding hydrogens is 629 g/mol. The molecule has 9 aromatic rings. The van der Waals surface area contributed by atoms with Gasteiger partial charge in [0.2, 0.25) is 0 Å². The second kappa shape index (κ2) is 10.2. The number of rotatable bonds is 2. The zero-order valence-electron chi connectivity index (χ0n) is 28.2. The standard InChI is InChI=1S/C51H30O/c1-2-10-35-29-47-42(27-34(35)9-1)39-14-4-6-17-45(39)51(47)44-16-5-3-13-38(44)40-25-23-37(30-46(40)51)32-21-19-31(20-22-32)36-24-26-48-43(28-36)41-15-7-11-33-12-8-18-49(52-48)50(33)41/h1-30H. The van der Waals surface area contributed by atoms with E-state index < -0.39 is 0 Å². The van der Waals surface area contributed by atoms with Crippen molar-refractivity contribution in [3.05, 3.63) is 204 Å². The summed E-state index contributed by atoms with van der Waals surface area (Å²) < 4.78 is 6.38. The molecule has 2 aliphatic carbocycles. The largest absolute Gasteiger partial charge is 0.456 e. The third-order valence-corrected chi connectivity index (χ3v) is 11.9. The Morgan fingerprint density at radius 3 is 1.60 bits per heavy atom. The lowest BCUT2D eigenvalue weighted by molar-refractivity contribution is 0.487. The number of fused-ring (bicyclic) bond motifs is 13. The molecule has 0 radical (unpaired) electrons. The molecule has 0 N–H and O–H groups in total. The fraction of sp³-hybridized carbons (Fsp3) is 0.0196. The van der Waals surface area contributed by atoms with Gasteiger partial charge in [-0.1, -0.05) is 146 Å². The van der Waals surface area contributed by atoms with Crippen molar-refractivity contribution in [2.75, 3.05) is 0 Å². The Labute approximate surface area is 302 Å². The number of benzene rings is 9. The quantitative estimate of drug-likeness (QED) is 0.180. The van der Waals surface area contributed by atoms with E-state index in [1.165, 1.54) is 93.9 Å². The first-order valence-electron chi connectivity index (χ1n) is 18.1. The van der Waals surface area contributed by atoms with Crippen LogP contribution in [0.15, 0.2) is 182 Å². The summed E-state index contributed by atoms with van der Waals surface area (Å²) in [6.45, 7) is 0. The molecular formula is C51H30O. The SMILES string of the molecule is c1ccc2c(c1)-c1ccc(-c3ccc(-c4ccc5c(c4)-c4cccc6cccc(c46)O5)cc3)cc1C21c2ccccc2-c2cc3ccccc3cc21. The van der Waals surface area contributed by atoms with Gasteiger partial charge in [0.15, 0.2) is 0 Å². The van der Waals surface area contributed by atoms with Crippen LogP contribution in [0.4, 0.5) is 0 Å². The van der Waals surface area contributed by atoms with Crippen molar-refractivity contribution in [2.45, 2.75) is 5.41 Å². The predicted octanol–water partition coefficient (Wildman–Crippen LogP) is 13.4. The first kappa shape index (κ1) is 28.0. The second-order valence-electron chi connectivity index (χ2n) is 14.4. The molecule has 1 atom stereocenters. The molecule has 0 aromatic heterocycles. The molecule has 0 saturated heterocycles. The average molecular weight is 659 g/mol. The lowest BCUT2D eigenvalue weighted by atomic mass is 9.70. The normalized spacial score (nSPS) is 15.5. The number of hydrogen-bond donors (Lipinski definition) is 0. The van der Waals surface area contributed by atoms with E-state index in [-0.39, 0.29) is 5.41 Å². The van der Waals surface area contributed by atoms with Crippen LogP contribution in [0.3, 0.4) is 0 Å². The molecule has 0 bridgehead atoms. The Kier molecular flexibility index (Phi) is 5.49. The van der Waals surface area contributed by atoms with E-state index in [0.717, 1.165) is 17.1 Å². The average Bonchev–Trinajstić information content (AvgIpc) is 3.66. The van der Waals surface area contributed by atoms with Crippen molar-refractivity contribution in [1.82, 2.24) is 0 Å². The van der Waals surface area contributed by atoms with Gasteiger partial charge in [0.25, 0.3) is 0 Å². The van der Waals surface area contributed by atoms with Gasteiger partial charge in [-0.3, -0.25) is 0 Å². The zero-order chi connectivity index (χ0) is 34.0. The molecule has 3 aliphatic rings. The van der Waals surface area contributed by atoms with Crippen LogP contribution in [0.5, 0.6) is 11.5 Å². The Morgan fingerprint density at radius 1 is 0.288 bits per heavy atom. The Balaban J connectivity index is 0.999. The summed E-state index contributed by atoms with van der Waals surface area (Å²) >= 11 is 0. The highest BCUT2D eigenvalue weighted by Crippen LogP contribution is 2.63. The summed E-state index contributed by atoms with van der Waals surface area (Å²) in [5.41, 5.74) is 17.6. The van der Waals surface area contributed by atoms with Gasteiger partial charge in [0, 0.05) is 10.9 Å². The molecule has 12 rings (SSSR count). The zero-order valence-corrected chi connectivity index (χ0v) is 28.2. The predicted molar refractivity (Wildman–Crippen MR) is 214 cm³/mol. The summed E-state index contributed by atoms with van der Waals surface area (Å²) in [7, 11) is 0. The van der Waals surface area contributed by atoms with Crippen LogP contribution in [-0.4, -0.2) is 0 Å². The second-order valence-corrected chi connectivity index (χ2v) is 14.4. The van der Waals surface area contributed by atoms with E-state index >= 15 is 0 Å². The minimum Gasteiger partial charge on any atom is -0.456 e. The van der Waals surface area contributed by atoms with E-state index in [2.05, 4.69) is 182 Å². The minimum atomic E-state index is -0.384. The highest BCUT2D eigenvalue weighted by Gasteiger charge is 2.51. The molecule has 1 aliphatic heterocycles. The van der Waals surface area contributed by atoms with Crippen LogP contribution >= 0.6 is 0 Å². The molecule has 1 heterocycles. The topological polar surface area (TPSA) is 9.23 Å². The fourth-order valence-electron chi connectivity index (χ4n) is 9.60. The smallest absolute Gasteiger partial charge is 0.135 e. The van der Waals surface area contributed by atoms with Gasteiger partial charge in [0.05, 0.1) is 5.41 Å². The fourth-order valence-corrected chi connectivity index (χ4v) is 9.60. The molecule has 0 fully saturated rings. The summed E-state index contributed by atoms with van der Waals surface area (Å²) in [4.78, 5) is 0. The van der Waals surface area contributed by atoms with E-state index in [0.29, 0.717) is 0 Å². The highest BCUT2D eigenvalue weighted by molar-refractivity contribution is 6.05. The van der Waals surface area contributed by atoms with Crippen LogP contribution in [0.25, 0.3) is 77.2 Å². The van der Waals surface area contributed by atoms with Gasteiger partial charge in [-0.05, 0) is 125 Å². The van der Waals surface area contributed by atoms with Gasteiger partial charge in [-0.15, -0.1) is 0 Å². The maximum Gasteiger partial charge on any atom is 0.135 e. The molecule has 0 saturated carbocycles. The summed E-state index contributed by atoms with van der Waals surface area (Å²) in [6, 6.07) is 67.4. The Hall–Kier alpha value is -6.70. The van der Waals surface area contributed by atoms with E-state index in [1.54, 1.807) is 0 Å². The van der Waals surface area contributed by atoms with Crippen molar-refractivity contribution < 1.29 is 4.74 Å².